The summed E-state index contributed by atoms with van der Waals surface area (Å²) in [4.78, 5) is 22.2. The van der Waals surface area contributed by atoms with E-state index in [0.717, 1.165) is 4.88 Å². The summed E-state index contributed by atoms with van der Waals surface area (Å²) in [5.41, 5.74) is 0. The molecule has 0 radical (unpaired) electrons. The van der Waals surface area contributed by atoms with Gasteiger partial charge < -0.3 is 5.11 Å². The van der Waals surface area contributed by atoms with Gasteiger partial charge in [-0.15, -0.1) is 11.3 Å². The van der Waals surface area contributed by atoms with E-state index in [2.05, 4.69) is 0 Å². The summed E-state index contributed by atoms with van der Waals surface area (Å²) in [6, 6.07) is 3.86. The molecule has 0 aliphatic heterocycles. The Balaban J connectivity index is 2.27. The predicted octanol–water partition coefficient (Wildman–Crippen LogP) is 1.72. The molecular weight excluding hydrogens is 188 g/mol. The second-order valence-corrected chi connectivity index (χ2v) is 3.72. The Hall–Kier alpha value is -1.16. The topological polar surface area (TPSA) is 54.4 Å². The van der Waals surface area contributed by atoms with E-state index in [0.29, 0.717) is 12.8 Å². The van der Waals surface area contributed by atoms with Crippen LogP contribution in [0.5, 0.6) is 0 Å². The Kier molecular flexibility index (Phi) is 3.64. The fourth-order valence-electron chi connectivity index (χ4n) is 0.975. The molecule has 1 aromatic rings. The minimum atomic E-state index is -1.05. The Labute approximate surface area is 80.0 Å². The van der Waals surface area contributed by atoms with Crippen LogP contribution in [0.3, 0.4) is 0 Å². The zero-order valence-electron chi connectivity index (χ0n) is 7.03. The number of ketones is 1. The number of thiophene rings is 1. The van der Waals surface area contributed by atoms with Crippen LogP contribution in [0.4, 0.5) is 0 Å². The van der Waals surface area contributed by atoms with Crippen molar-refractivity contribution in [2.24, 2.45) is 0 Å². The van der Waals surface area contributed by atoms with Crippen molar-refractivity contribution in [2.45, 2.75) is 19.3 Å². The van der Waals surface area contributed by atoms with Crippen LogP contribution in [0, 0.1) is 0 Å². The zero-order chi connectivity index (χ0) is 9.68. The van der Waals surface area contributed by atoms with Crippen molar-refractivity contribution in [3.63, 3.8) is 0 Å². The average Bonchev–Trinajstić information content (AvgIpc) is 2.51. The first-order valence-corrected chi connectivity index (χ1v) is 4.82. The molecule has 0 fully saturated rings. The number of hydrogen-bond acceptors (Lipinski definition) is 3. The van der Waals surface area contributed by atoms with E-state index in [9.17, 15) is 9.59 Å². The minimum absolute atomic E-state index is 0.207. The molecule has 1 N–H and O–H groups in total. The Morgan fingerprint density at radius 1 is 1.46 bits per heavy atom. The molecule has 1 rings (SSSR count). The lowest BCUT2D eigenvalue weighted by atomic mass is 10.1. The van der Waals surface area contributed by atoms with Crippen molar-refractivity contribution in [3.8, 4) is 0 Å². The predicted molar refractivity (Wildman–Crippen MR) is 49.9 cm³/mol. The Morgan fingerprint density at radius 2 is 2.23 bits per heavy atom. The summed E-state index contributed by atoms with van der Waals surface area (Å²) in [6.45, 7) is 0. The molecule has 1 heterocycles. The third-order valence-corrected chi connectivity index (χ3v) is 2.51. The molecule has 13 heavy (non-hydrogen) atoms. The van der Waals surface area contributed by atoms with Crippen molar-refractivity contribution >= 4 is 23.1 Å². The van der Waals surface area contributed by atoms with E-state index in [1.807, 2.05) is 17.5 Å². The lowest BCUT2D eigenvalue weighted by molar-refractivity contribution is -0.140. The highest BCUT2D eigenvalue weighted by Gasteiger charge is 2.07. The van der Waals surface area contributed by atoms with Crippen molar-refractivity contribution in [1.82, 2.24) is 0 Å². The lowest BCUT2D eigenvalue weighted by Crippen LogP contribution is -2.06. The number of rotatable bonds is 5. The van der Waals surface area contributed by atoms with E-state index in [4.69, 9.17) is 5.11 Å². The number of aliphatic carboxylic acids is 1. The number of carbonyl (C=O) groups is 2. The zero-order valence-corrected chi connectivity index (χ0v) is 7.84. The summed E-state index contributed by atoms with van der Waals surface area (Å²) in [5, 5.41) is 10.3. The molecular formula is C9H10O3S. The fraction of sp³-hybridized carbons (Fsp3) is 0.333. The maximum Gasteiger partial charge on any atom is 0.310 e. The molecule has 0 aliphatic rings. The number of carbonyl (C=O) groups excluding carboxylic acids is 1. The first-order chi connectivity index (χ1) is 6.18. The van der Waals surface area contributed by atoms with Gasteiger partial charge in [0.05, 0.1) is 0 Å². The first kappa shape index (κ1) is 9.92. The monoisotopic (exact) mass is 198 g/mol. The number of Topliss-reactive ketones (excluding diaryl/α,β-unsaturated/α-hetero) is 1. The van der Waals surface area contributed by atoms with Gasteiger partial charge in [0.25, 0.3) is 0 Å². The number of aryl methyl sites for hydroxylation is 1. The van der Waals surface area contributed by atoms with Crippen LogP contribution in [-0.2, 0) is 16.0 Å². The first-order valence-electron chi connectivity index (χ1n) is 3.94. The van der Waals surface area contributed by atoms with Gasteiger partial charge in [-0.2, -0.15) is 0 Å². The molecule has 0 unspecified atom stereocenters. The molecule has 4 heteroatoms. The molecule has 0 saturated heterocycles. The number of carboxylic acid groups (broad SMARTS) is 1. The molecule has 3 nitrogen and oxygen atoms in total. The third-order valence-electron chi connectivity index (χ3n) is 1.58. The molecule has 0 aliphatic carbocycles. The van der Waals surface area contributed by atoms with Crippen molar-refractivity contribution in [2.75, 3.05) is 0 Å². The van der Waals surface area contributed by atoms with Crippen LogP contribution in [0.15, 0.2) is 17.5 Å². The number of carboxylic acids is 1. The van der Waals surface area contributed by atoms with Crippen LogP contribution < -0.4 is 0 Å². The van der Waals surface area contributed by atoms with Gasteiger partial charge in [0.2, 0.25) is 0 Å². The van der Waals surface area contributed by atoms with Crippen LogP contribution in [-0.4, -0.2) is 16.9 Å². The van der Waals surface area contributed by atoms with Crippen LogP contribution >= 0.6 is 11.3 Å². The Morgan fingerprint density at radius 3 is 2.77 bits per heavy atom. The highest BCUT2D eigenvalue weighted by Crippen LogP contribution is 2.11. The maximum atomic E-state index is 11.0. The molecule has 0 aromatic carbocycles. The van der Waals surface area contributed by atoms with Crippen LogP contribution in [0.25, 0.3) is 0 Å². The molecule has 0 atom stereocenters. The smallest absolute Gasteiger partial charge is 0.310 e. The van der Waals surface area contributed by atoms with Crippen molar-refractivity contribution < 1.29 is 14.7 Å². The highest BCUT2D eigenvalue weighted by atomic mass is 32.1. The van der Waals surface area contributed by atoms with Crippen molar-refractivity contribution in [3.05, 3.63) is 22.4 Å². The molecule has 0 bridgehead atoms. The van der Waals surface area contributed by atoms with Gasteiger partial charge in [-0.1, -0.05) is 6.07 Å². The van der Waals surface area contributed by atoms with E-state index in [-0.39, 0.29) is 12.2 Å². The minimum Gasteiger partial charge on any atom is -0.481 e. The highest BCUT2D eigenvalue weighted by molar-refractivity contribution is 7.09. The summed E-state index contributed by atoms with van der Waals surface area (Å²) < 4.78 is 0. The summed E-state index contributed by atoms with van der Waals surface area (Å²) in [7, 11) is 0. The van der Waals surface area contributed by atoms with Gasteiger partial charge in [-0.05, 0) is 17.9 Å². The van der Waals surface area contributed by atoms with Gasteiger partial charge in [-0.25, -0.2) is 0 Å². The lowest BCUT2D eigenvalue weighted by Gasteiger charge is -1.95. The van der Waals surface area contributed by atoms with Gasteiger partial charge in [0, 0.05) is 11.3 Å². The van der Waals surface area contributed by atoms with Gasteiger partial charge in [-0.3, -0.25) is 9.59 Å². The summed E-state index contributed by atoms with van der Waals surface area (Å²) in [5.74, 6) is -1.25. The average molecular weight is 198 g/mol. The second-order valence-electron chi connectivity index (χ2n) is 2.69. The fourth-order valence-corrected chi connectivity index (χ4v) is 1.68. The van der Waals surface area contributed by atoms with Gasteiger partial charge >= 0.3 is 5.97 Å². The Bertz CT molecular complexity index is 290. The van der Waals surface area contributed by atoms with Crippen molar-refractivity contribution in [1.29, 1.82) is 0 Å². The van der Waals surface area contributed by atoms with E-state index in [1.165, 1.54) is 0 Å². The number of hydrogen-bond donors (Lipinski definition) is 1. The normalized spacial score (nSPS) is 9.85. The molecule has 0 amide bonds. The maximum absolute atomic E-state index is 11.0. The van der Waals surface area contributed by atoms with Gasteiger partial charge in [0.15, 0.2) is 0 Å². The molecule has 0 spiro atoms. The van der Waals surface area contributed by atoms with E-state index >= 15 is 0 Å². The molecule has 70 valence electrons. The SMILES string of the molecule is O=C(O)CC(=O)CCc1cccs1. The quantitative estimate of drug-likeness (QED) is 0.733. The second kappa shape index (κ2) is 4.77. The largest absolute Gasteiger partial charge is 0.481 e. The molecule has 0 saturated carbocycles. The van der Waals surface area contributed by atoms with Crippen LogP contribution in [0.2, 0.25) is 0 Å². The van der Waals surface area contributed by atoms with Crippen LogP contribution in [0.1, 0.15) is 17.7 Å². The summed E-state index contributed by atoms with van der Waals surface area (Å²) >= 11 is 1.58. The van der Waals surface area contributed by atoms with E-state index < -0.39 is 5.97 Å². The van der Waals surface area contributed by atoms with E-state index in [1.54, 1.807) is 11.3 Å². The summed E-state index contributed by atoms with van der Waals surface area (Å²) in [6.07, 6.45) is 0.627. The van der Waals surface area contributed by atoms with Gasteiger partial charge in [0.1, 0.15) is 12.2 Å². The third kappa shape index (κ3) is 3.85. The molecule has 1 aromatic heterocycles. The standard InChI is InChI=1S/C9H10O3S/c10-7(6-9(11)12)3-4-8-2-1-5-13-8/h1-2,5H,3-4,6H2,(H,11,12).